The van der Waals surface area contributed by atoms with Gasteiger partial charge in [0.25, 0.3) is 0 Å². The summed E-state index contributed by atoms with van der Waals surface area (Å²) in [6.45, 7) is 8.68. The van der Waals surface area contributed by atoms with Gasteiger partial charge in [-0.05, 0) is 25.7 Å². The van der Waals surface area contributed by atoms with Gasteiger partial charge in [-0.1, -0.05) is 13.8 Å². The second kappa shape index (κ2) is 8.23. The molecule has 0 amide bonds. The fourth-order valence-corrected chi connectivity index (χ4v) is 4.23. The standard InChI is InChI=1S/C18H29N5S/c1-4-17-16(18(5-2)22(3)21-17)10-19-14-6-8-23(9-7-14)11-15-12-24-13-20-15/h12-14,19H,4-11H2,1-3H3. The first-order valence-corrected chi connectivity index (χ1v) is 10.0. The zero-order valence-electron chi connectivity index (χ0n) is 15.1. The normalized spacial score (nSPS) is 16.8. The number of nitrogens with zero attached hydrogens (tertiary/aromatic N) is 4. The van der Waals surface area contributed by atoms with Crippen LogP contribution in [0, 0.1) is 0 Å². The van der Waals surface area contributed by atoms with Crippen molar-refractivity contribution in [3.63, 3.8) is 0 Å². The van der Waals surface area contributed by atoms with E-state index in [0.29, 0.717) is 6.04 Å². The quantitative estimate of drug-likeness (QED) is 0.836. The van der Waals surface area contributed by atoms with E-state index in [1.165, 1.54) is 35.5 Å². The Labute approximate surface area is 149 Å². The van der Waals surface area contributed by atoms with Gasteiger partial charge in [0.15, 0.2) is 0 Å². The fraction of sp³-hybridized carbons (Fsp3) is 0.667. The van der Waals surface area contributed by atoms with E-state index in [9.17, 15) is 0 Å². The smallest absolute Gasteiger partial charge is 0.0795 e. The van der Waals surface area contributed by atoms with E-state index in [2.05, 4.69) is 51.3 Å². The zero-order valence-corrected chi connectivity index (χ0v) is 15.9. The summed E-state index contributed by atoms with van der Waals surface area (Å²) in [5, 5.41) is 10.6. The molecule has 2 aromatic heterocycles. The Morgan fingerprint density at radius 1 is 1.25 bits per heavy atom. The van der Waals surface area contributed by atoms with Crippen molar-refractivity contribution in [2.24, 2.45) is 7.05 Å². The molecule has 5 nitrogen and oxygen atoms in total. The van der Waals surface area contributed by atoms with Crippen LogP contribution in [0.25, 0.3) is 0 Å². The average molecular weight is 348 g/mol. The van der Waals surface area contributed by atoms with Crippen LogP contribution in [-0.2, 0) is 33.0 Å². The monoisotopic (exact) mass is 347 g/mol. The van der Waals surface area contributed by atoms with E-state index < -0.39 is 0 Å². The van der Waals surface area contributed by atoms with Crippen molar-refractivity contribution in [3.8, 4) is 0 Å². The highest BCUT2D eigenvalue weighted by Gasteiger charge is 2.21. The van der Waals surface area contributed by atoms with E-state index in [-0.39, 0.29) is 0 Å². The molecular formula is C18H29N5S. The Morgan fingerprint density at radius 3 is 2.67 bits per heavy atom. The maximum absolute atomic E-state index is 4.68. The first-order chi connectivity index (χ1) is 11.7. The van der Waals surface area contributed by atoms with Gasteiger partial charge in [-0.25, -0.2) is 4.98 Å². The number of nitrogens with one attached hydrogen (secondary N) is 1. The van der Waals surface area contributed by atoms with Crippen molar-refractivity contribution < 1.29 is 0 Å². The number of hydrogen-bond donors (Lipinski definition) is 1. The number of thiazole rings is 1. The first kappa shape index (κ1) is 17.6. The summed E-state index contributed by atoms with van der Waals surface area (Å²) in [6.07, 6.45) is 4.49. The molecule has 1 fully saturated rings. The second-order valence-electron chi connectivity index (χ2n) is 6.61. The molecule has 0 aromatic carbocycles. The lowest BCUT2D eigenvalue weighted by atomic mass is 10.0. The molecule has 1 aliphatic rings. The Hall–Kier alpha value is -1.24. The van der Waals surface area contributed by atoms with Crippen molar-refractivity contribution in [1.29, 1.82) is 0 Å². The predicted molar refractivity (Wildman–Crippen MR) is 99.2 cm³/mol. The minimum absolute atomic E-state index is 0.617. The van der Waals surface area contributed by atoms with Crippen LogP contribution in [0.5, 0.6) is 0 Å². The Balaban J connectivity index is 1.50. The second-order valence-corrected chi connectivity index (χ2v) is 7.33. The van der Waals surface area contributed by atoms with Crippen LogP contribution in [0.4, 0.5) is 0 Å². The molecule has 0 unspecified atom stereocenters. The largest absolute Gasteiger partial charge is 0.310 e. The van der Waals surface area contributed by atoms with Crippen molar-refractivity contribution in [2.45, 2.75) is 58.7 Å². The van der Waals surface area contributed by atoms with Gasteiger partial charge in [-0.15, -0.1) is 11.3 Å². The summed E-state index contributed by atoms with van der Waals surface area (Å²) in [6, 6.07) is 0.617. The maximum atomic E-state index is 4.68. The Bertz CT molecular complexity index is 626. The van der Waals surface area contributed by atoms with Crippen LogP contribution in [0.15, 0.2) is 10.9 Å². The SMILES string of the molecule is CCc1nn(C)c(CC)c1CNC1CCN(Cc2cscn2)CC1. The zero-order chi connectivity index (χ0) is 16.9. The van der Waals surface area contributed by atoms with Gasteiger partial charge < -0.3 is 5.32 Å². The highest BCUT2D eigenvalue weighted by molar-refractivity contribution is 7.07. The summed E-state index contributed by atoms with van der Waals surface area (Å²) in [7, 11) is 2.07. The van der Waals surface area contributed by atoms with Gasteiger partial charge >= 0.3 is 0 Å². The molecule has 0 radical (unpaired) electrons. The molecule has 2 aromatic rings. The summed E-state index contributed by atoms with van der Waals surface area (Å²) in [5.41, 5.74) is 7.19. The van der Waals surface area contributed by atoms with Crippen molar-refractivity contribution in [3.05, 3.63) is 33.5 Å². The number of rotatable bonds is 7. The van der Waals surface area contributed by atoms with Crippen LogP contribution in [-0.4, -0.2) is 38.8 Å². The van der Waals surface area contributed by atoms with Gasteiger partial charge in [0, 0.05) is 55.9 Å². The van der Waals surface area contributed by atoms with Crippen LogP contribution >= 0.6 is 11.3 Å². The molecule has 0 saturated carbocycles. The van der Waals surface area contributed by atoms with Gasteiger partial charge in [-0.3, -0.25) is 9.58 Å². The minimum Gasteiger partial charge on any atom is -0.310 e. The Kier molecular flexibility index (Phi) is 6.03. The molecule has 132 valence electrons. The van der Waals surface area contributed by atoms with Gasteiger partial charge in [0.2, 0.25) is 0 Å². The van der Waals surface area contributed by atoms with Crippen LogP contribution in [0.1, 0.15) is 49.3 Å². The molecule has 0 bridgehead atoms. The molecule has 6 heteroatoms. The third-order valence-corrected chi connectivity index (χ3v) is 5.69. The van der Waals surface area contributed by atoms with E-state index in [4.69, 9.17) is 0 Å². The van der Waals surface area contributed by atoms with E-state index in [1.807, 2.05) is 5.51 Å². The maximum Gasteiger partial charge on any atom is 0.0795 e. The number of piperidine rings is 1. The summed E-state index contributed by atoms with van der Waals surface area (Å²) >= 11 is 1.69. The molecule has 1 aliphatic heterocycles. The molecule has 3 heterocycles. The van der Waals surface area contributed by atoms with E-state index >= 15 is 0 Å². The molecule has 0 spiro atoms. The topological polar surface area (TPSA) is 46.0 Å². The van der Waals surface area contributed by atoms with Gasteiger partial charge in [-0.2, -0.15) is 5.10 Å². The third kappa shape index (κ3) is 4.05. The van der Waals surface area contributed by atoms with Gasteiger partial charge in [0.1, 0.15) is 0 Å². The molecule has 1 saturated heterocycles. The molecule has 0 aliphatic carbocycles. The summed E-state index contributed by atoms with van der Waals surface area (Å²) in [5.74, 6) is 0. The summed E-state index contributed by atoms with van der Waals surface area (Å²) in [4.78, 5) is 6.92. The Morgan fingerprint density at radius 2 is 2.04 bits per heavy atom. The van der Waals surface area contributed by atoms with Crippen LogP contribution in [0.2, 0.25) is 0 Å². The van der Waals surface area contributed by atoms with Gasteiger partial charge in [0.05, 0.1) is 16.9 Å². The number of hydrogen-bond acceptors (Lipinski definition) is 5. The third-order valence-electron chi connectivity index (χ3n) is 5.05. The molecule has 24 heavy (non-hydrogen) atoms. The van der Waals surface area contributed by atoms with E-state index in [1.54, 1.807) is 11.3 Å². The number of aryl methyl sites for hydroxylation is 2. The minimum atomic E-state index is 0.617. The lowest BCUT2D eigenvalue weighted by molar-refractivity contribution is 0.188. The number of aromatic nitrogens is 3. The highest BCUT2D eigenvalue weighted by atomic mass is 32.1. The molecular weight excluding hydrogens is 318 g/mol. The van der Waals surface area contributed by atoms with Crippen LogP contribution < -0.4 is 5.32 Å². The molecule has 1 N–H and O–H groups in total. The summed E-state index contributed by atoms with van der Waals surface area (Å²) < 4.78 is 2.06. The van der Waals surface area contributed by atoms with Crippen LogP contribution in [0.3, 0.4) is 0 Å². The predicted octanol–water partition coefficient (Wildman–Crippen LogP) is 2.76. The van der Waals surface area contributed by atoms with Crippen molar-refractivity contribution >= 4 is 11.3 Å². The number of likely N-dealkylation sites (tertiary alicyclic amines) is 1. The lowest BCUT2D eigenvalue weighted by Crippen LogP contribution is -2.42. The molecule has 3 rings (SSSR count). The fourth-order valence-electron chi connectivity index (χ4n) is 3.68. The van der Waals surface area contributed by atoms with Crippen molar-refractivity contribution in [1.82, 2.24) is 25.0 Å². The first-order valence-electron chi connectivity index (χ1n) is 9.07. The van der Waals surface area contributed by atoms with Crippen molar-refractivity contribution in [2.75, 3.05) is 13.1 Å². The lowest BCUT2D eigenvalue weighted by Gasteiger charge is -2.32. The molecule has 0 atom stereocenters. The van der Waals surface area contributed by atoms with E-state index in [0.717, 1.165) is 39.0 Å². The highest BCUT2D eigenvalue weighted by Crippen LogP contribution is 2.18. The average Bonchev–Trinajstić information content (AvgIpc) is 3.21.